The Hall–Kier alpha value is -2.59. The fraction of sp³-hybridized carbons (Fsp3) is 0. The molecule has 0 aliphatic heterocycles. The number of halogens is 1. The summed E-state index contributed by atoms with van der Waals surface area (Å²) >= 11 is 5.72. The highest BCUT2D eigenvalue weighted by molar-refractivity contribution is 6.39. The smallest absolute Gasteiger partial charge is 0.384 e. The molecule has 0 aliphatic carbocycles. The quantitative estimate of drug-likeness (QED) is 0.309. The fourth-order valence-electron chi connectivity index (χ4n) is 1.53. The summed E-state index contributed by atoms with van der Waals surface area (Å²) < 4.78 is 4.87. The van der Waals surface area contributed by atoms with Crippen LogP contribution in [0.25, 0.3) is 5.76 Å². The fourth-order valence-corrected chi connectivity index (χ4v) is 1.66. The van der Waals surface area contributed by atoms with Gasteiger partial charge in [-0.2, -0.15) is 0 Å². The van der Waals surface area contributed by atoms with Gasteiger partial charge in [-0.15, -0.1) is 0 Å². The van der Waals surface area contributed by atoms with E-state index < -0.39 is 11.8 Å². The van der Waals surface area contributed by atoms with Gasteiger partial charge >= 0.3 is 5.97 Å². The summed E-state index contributed by atoms with van der Waals surface area (Å²) in [6, 6.07) is 14.4. The number of carbonyl (C=O) groups excluding carboxylic acids is 2. The lowest BCUT2D eigenvalue weighted by atomic mass is 10.1. The second kappa shape index (κ2) is 6.72. The number of hydrogen-bond donors (Lipinski definition) is 1. The third kappa shape index (κ3) is 4.19. The number of ether oxygens (including phenoxy) is 1. The van der Waals surface area contributed by atoms with Crippen LogP contribution in [0.2, 0.25) is 5.02 Å². The molecule has 0 fully saturated rings. The largest absolute Gasteiger partial charge is 0.507 e. The van der Waals surface area contributed by atoms with Gasteiger partial charge in [0.2, 0.25) is 0 Å². The molecular formula is C16H11ClO4. The van der Waals surface area contributed by atoms with Crippen LogP contribution < -0.4 is 4.74 Å². The summed E-state index contributed by atoms with van der Waals surface area (Å²) in [5, 5.41) is 10.3. The highest BCUT2D eigenvalue weighted by Gasteiger charge is 2.15. The van der Waals surface area contributed by atoms with Crippen molar-refractivity contribution in [1.29, 1.82) is 0 Å². The van der Waals surface area contributed by atoms with Gasteiger partial charge in [0.05, 0.1) is 0 Å². The van der Waals surface area contributed by atoms with Crippen molar-refractivity contribution in [3.8, 4) is 5.75 Å². The maximum absolute atomic E-state index is 11.7. The predicted molar refractivity (Wildman–Crippen MR) is 79.1 cm³/mol. The first kappa shape index (κ1) is 14.8. The van der Waals surface area contributed by atoms with Gasteiger partial charge in [-0.25, -0.2) is 4.79 Å². The maximum atomic E-state index is 11.7. The van der Waals surface area contributed by atoms with Crippen LogP contribution in [0.1, 0.15) is 5.56 Å². The Labute approximate surface area is 126 Å². The molecule has 0 radical (unpaired) electrons. The zero-order valence-electron chi connectivity index (χ0n) is 10.8. The van der Waals surface area contributed by atoms with E-state index in [1.54, 1.807) is 42.5 Å². The highest BCUT2D eigenvalue weighted by Crippen LogP contribution is 2.16. The first-order valence-corrected chi connectivity index (χ1v) is 6.42. The van der Waals surface area contributed by atoms with Gasteiger partial charge in [-0.3, -0.25) is 4.79 Å². The second-order valence-electron chi connectivity index (χ2n) is 4.10. The minimum atomic E-state index is -1.07. The Morgan fingerprint density at radius 3 is 2.24 bits per heavy atom. The Morgan fingerprint density at radius 1 is 1.00 bits per heavy atom. The summed E-state index contributed by atoms with van der Waals surface area (Å²) in [5.74, 6) is -2.09. The van der Waals surface area contributed by atoms with Crippen molar-refractivity contribution in [3.63, 3.8) is 0 Å². The van der Waals surface area contributed by atoms with Crippen molar-refractivity contribution in [1.82, 2.24) is 0 Å². The van der Waals surface area contributed by atoms with E-state index in [1.165, 1.54) is 12.1 Å². The minimum Gasteiger partial charge on any atom is -0.507 e. The number of carbonyl (C=O) groups is 2. The molecule has 0 saturated heterocycles. The predicted octanol–water partition coefficient (Wildman–Crippen LogP) is 3.41. The summed E-state index contributed by atoms with van der Waals surface area (Å²) in [6.45, 7) is 0. The Balaban J connectivity index is 2.07. The van der Waals surface area contributed by atoms with Crippen LogP contribution in [0.15, 0.2) is 60.7 Å². The molecule has 0 saturated carbocycles. The Kier molecular flexibility index (Phi) is 4.74. The Morgan fingerprint density at radius 2 is 1.62 bits per heavy atom. The van der Waals surface area contributed by atoms with Crippen molar-refractivity contribution >= 4 is 29.1 Å². The number of aliphatic hydroxyl groups excluding tert-OH is 1. The molecule has 2 aromatic carbocycles. The maximum Gasteiger partial charge on any atom is 0.384 e. The van der Waals surface area contributed by atoms with Crippen LogP contribution in [0.5, 0.6) is 5.75 Å². The van der Waals surface area contributed by atoms with E-state index in [4.69, 9.17) is 16.3 Å². The van der Waals surface area contributed by atoms with Crippen LogP contribution in [0.4, 0.5) is 0 Å². The number of para-hydroxylation sites is 1. The molecule has 4 nitrogen and oxygen atoms in total. The number of esters is 1. The lowest BCUT2D eigenvalue weighted by Gasteiger charge is -2.02. The monoisotopic (exact) mass is 302 g/mol. The summed E-state index contributed by atoms with van der Waals surface area (Å²) in [5.41, 5.74) is 0.375. The van der Waals surface area contributed by atoms with Gasteiger partial charge < -0.3 is 9.84 Å². The molecule has 0 unspecified atom stereocenters. The van der Waals surface area contributed by atoms with Gasteiger partial charge in [-0.05, 0) is 36.4 Å². The zero-order chi connectivity index (χ0) is 15.2. The topological polar surface area (TPSA) is 63.6 Å². The van der Waals surface area contributed by atoms with Crippen LogP contribution in [-0.4, -0.2) is 16.9 Å². The molecular weight excluding hydrogens is 292 g/mol. The number of aliphatic hydroxyl groups is 1. The third-order valence-corrected chi connectivity index (χ3v) is 2.81. The standard InChI is InChI=1S/C16H11ClO4/c17-12-8-6-11(7-9-12)14(18)10-15(19)16(20)21-13-4-2-1-3-5-13/h1-10,18H/b14-10-. The van der Waals surface area contributed by atoms with Gasteiger partial charge in [0.25, 0.3) is 5.78 Å². The minimum absolute atomic E-state index is 0.259. The first-order valence-electron chi connectivity index (χ1n) is 6.04. The van der Waals surface area contributed by atoms with E-state index in [-0.39, 0.29) is 11.5 Å². The summed E-state index contributed by atoms with van der Waals surface area (Å²) in [7, 11) is 0. The average Bonchev–Trinajstić information content (AvgIpc) is 2.48. The summed E-state index contributed by atoms with van der Waals surface area (Å²) in [6.07, 6.45) is 0.814. The molecule has 0 amide bonds. The molecule has 0 aromatic heterocycles. The van der Waals surface area contributed by atoms with Crippen molar-refractivity contribution in [2.75, 3.05) is 0 Å². The molecule has 2 aromatic rings. The molecule has 1 N–H and O–H groups in total. The Bertz CT molecular complexity index is 675. The van der Waals surface area contributed by atoms with E-state index in [2.05, 4.69) is 0 Å². The van der Waals surface area contributed by atoms with Gasteiger partial charge in [-0.1, -0.05) is 29.8 Å². The SMILES string of the molecule is O=C(/C=C(\O)c1ccc(Cl)cc1)C(=O)Oc1ccccc1. The van der Waals surface area contributed by atoms with E-state index in [0.29, 0.717) is 10.6 Å². The van der Waals surface area contributed by atoms with E-state index in [9.17, 15) is 14.7 Å². The average molecular weight is 303 g/mol. The number of hydrogen-bond acceptors (Lipinski definition) is 4. The molecule has 0 atom stereocenters. The molecule has 0 bridgehead atoms. The highest BCUT2D eigenvalue weighted by atomic mass is 35.5. The molecule has 0 aliphatic rings. The first-order chi connectivity index (χ1) is 10.1. The number of benzene rings is 2. The van der Waals surface area contributed by atoms with Crippen molar-refractivity contribution in [3.05, 3.63) is 71.3 Å². The molecule has 2 rings (SSSR count). The van der Waals surface area contributed by atoms with Crippen LogP contribution >= 0.6 is 11.6 Å². The zero-order valence-corrected chi connectivity index (χ0v) is 11.6. The molecule has 106 valence electrons. The van der Waals surface area contributed by atoms with Crippen molar-refractivity contribution < 1.29 is 19.4 Å². The van der Waals surface area contributed by atoms with Gasteiger partial charge in [0.1, 0.15) is 11.5 Å². The van der Waals surface area contributed by atoms with E-state index >= 15 is 0 Å². The van der Waals surface area contributed by atoms with Gasteiger partial charge in [0, 0.05) is 16.7 Å². The molecule has 21 heavy (non-hydrogen) atoms. The molecule has 5 heteroatoms. The molecule has 0 spiro atoms. The van der Waals surface area contributed by atoms with Gasteiger partial charge in [0.15, 0.2) is 0 Å². The normalized spacial score (nSPS) is 11.0. The lowest BCUT2D eigenvalue weighted by molar-refractivity contribution is -0.144. The van der Waals surface area contributed by atoms with E-state index in [0.717, 1.165) is 6.08 Å². The molecule has 0 heterocycles. The number of ketones is 1. The van der Waals surface area contributed by atoms with Crippen molar-refractivity contribution in [2.45, 2.75) is 0 Å². The third-order valence-electron chi connectivity index (χ3n) is 2.56. The van der Waals surface area contributed by atoms with Crippen LogP contribution in [0.3, 0.4) is 0 Å². The van der Waals surface area contributed by atoms with Crippen molar-refractivity contribution in [2.24, 2.45) is 0 Å². The number of rotatable bonds is 4. The second-order valence-corrected chi connectivity index (χ2v) is 4.54. The lowest BCUT2D eigenvalue weighted by Crippen LogP contribution is -2.18. The van der Waals surface area contributed by atoms with E-state index in [1.807, 2.05) is 0 Å². The van der Waals surface area contributed by atoms with Crippen LogP contribution in [-0.2, 0) is 9.59 Å². The van der Waals surface area contributed by atoms with Crippen LogP contribution in [0, 0.1) is 0 Å². The summed E-state index contributed by atoms with van der Waals surface area (Å²) in [4.78, 5) is 23.2.